The minimum Gasteiger partial charge on any atom is -0.491 e. The van der Waals surface area contributed by atoms with Crippen LogP contribution in [0.1, 0.15) is 30.6 Å². The molecule has 1 N–H and O–H groups in total. The van der Waals surface area contributed by atoms with Gasteiger partial charge in [0.25, 0.3) is 0 Å². The van der Waals surface area contributed by atoms with Crippen LogP contribution in [-0.2, 0) is 14.3 Å². The number of carbonyl (C=O) groups is 1. The van der Waals surface area contributed by atoms with Crippen molar-refractivity contribution < 1.29 is 24.1 Å². The number of aromatic nitrogens is 1. The highest BCUT2D eigenvalue weighted by Crippen LogP contribution is 2.33. The van der Waals surface area contributed by atoms with Crippen LogP contribution >= 0.6 is 0 Å². The van der Waals surface area contributed by atoms with E-state index in [0.717, 1.165) is 33.2 Å². The van der Waals surface area contributed by atoms with Gasteiger partial charge in [0, 0.05) is 43.2 Å². The summed E-state index contributed by atoms with van der Waals surface area (Å²) in [4.78, 5) is 16.5. The number of ether oxygens (including phenoxy) is 3. The van der Waals surface area contributed by atoms with Crippen molar-refractivity contribution in [2.75, 3.05) is 26.9 Å². The smallest absolute Gasteiger partial charge is 0.303 e. The monoisotopic (exact) mass is 447 g/mol. The van der Waals surface area contributed by atoms with Gasteiger partial charge in [0.2, 0.25) is 0 Å². The van der Waals surface area contributed by atoms with Crippen molar-refractivity contribution in [1.29, 1.82) is 0 Å². The van der Waals surface area contributed by atoms with Crippen LogP contribution in [-0.4, -0.2) is 43.0 Å². The number of carbonyl (C=O) groups excluding carboxylic acids is 1. The van der Waals surface area contributed by atoms with Crippen LogP contribution in [0.25, 0.3) is 16.5 Å². The summed E-state index contributed by atoms with van der Waals surface area (Å²) in [5.74, 6) is 0.172. The number of aliphatic hydroxyl groups is 1. The second-order valence-electron chi connectivity index (χ2n) is 7.51. The molecule has 2 aromatic carbocycles. The zero-order chi connectivity index (χ0) is 23.6. The molecule has 0 radical (unpaired) electrons. The summed E-state index contributed by atoms with van der Waals surface area (Å²) >= 11 is 0. The second-order valence-corrected chi connectivity index (χ2v) is 7.51. The lowest BCUT2D eigenvalue weighted by atomic mass is 9.96. The summed E-state index contributed by atoms with van der Waals surface area (Å²) in [7, 11) is 1.62. The number of fused-ring (bicyclic) bond motifs is 1. The lowest BCUT2D eigenvalue weighted by Gasteiger charge is -2.20. The normalized spacial score (nSPS) is 12.4. The molecule has 3 aromatic rings. The van der Waals surface area contributed by atoms with Crippen molar-refractivity contribution in [3.05, 3.63) is 90.1 Å². The first-order valence-corrected chi connectivity index (χ1v) is 10.8. The first-order chi connectivity index (χ1) is 16.0. The zero-order valence-electron chi connectivity index (χ0n) is 19.0. The Bertz CT molecular complexity index is 1140. The Morgan fingerprint density at radius 1 is 1.18 bits per heavy atom. The van der Waals surface area contributed by atoms with Gasteiger partial charge in [-0.15, -0.1) is 0 Å². The van der Waals surface area contributed by atoms with Gasteiger partial charge in [0.1, 0.15) is 18.5 Å². The predicted octanol–water partition coefficient (Wildman–Crippen LogP) is 4.89. The van der Waals surface area contributed by atoms with Crippen LogP contribution in [0.5, 0.6) is 5.75 Å². The molecule has 1 aromatic heterocycles. The van der Waals surface area contributed by atoms with Gasteiger partial charge < -0.3 is 19.3 Å². The van der Waals surface area contributed by atoms with E-state index in [9.17, 15) is 4.79 Å². The molecule has 6 heteroatoms. The van der Waals surface area contributed by atoms with Gasteiger partial charge >= 0.3 is 5.97 Å². The molecule has 0 fully saturated rings. The summed E-state index contributed by atoms with van der Waals surface area (Å²) in [6.07, 6.45) is 3.62. The van der Waals surface area contributed by atoms with Gasteiger partial charge in [-0.25, -0.2) is 0 Å². The molecule has 0 aliphatic heterocycles. The number of rotatable bonds is 11. The maximum Gasteiger partial charge on any atom is 0.303 e. The minimum absolute atomic E-state index is 0.109. The highest BCUT2D eigenvalue weighted by molar-refractivity contribution is 5.86. The minimum atomic E-state index is -0.573. The quantitative estimate of drug-likeness (QED) is 0.333. The molecular formula is C27H29NO5. The second kappa shape index (κ2) is 11.9. The number of esters is 1. The Hall–Kier alpha value is -3.48. The van der Waals surface area contributed by atoms with E-state index < -0.39 is 12.1 Å². The van der Waals surface area contributed by atoms with Crippen LogP contribution in [0.2, 0.25) is 0 Å². The topological polar surface area (TPSA) is 77.9 Å². The third kappa shape index (κ3) is 6.51. The van der Waals surface area contributed by atoms with Gasteiger partial charge in [-0.1, -0.05) is 49.1 Å². The maximum absolute atomic E-state index is 11.9. The Morgan fingerprint density at radius 2 is 1.94 bits per heavy atom. The van der Waals surface area contributed by atoms with E-state index in [2.05, 4.69) is 17.6 Å². The van der Waals surface area contributed by atoms with Crippen molar-refractivity contribution in [3.63, 3.8) is 0 Å². The lowest BCUT2D eigenvalue weighted by molar-refractivity contribution is -0.146. The standard InChI is InChI=1S/C27H29NO5/c1-19(18-31-3)23(22-16-21-8-4-6-10-25(21)28-17-22)12-13-27(33-20(2)30)24-9-5-7-11-26(24)32-15-14-29/h4-12,16-17,27,29H,1,13-15,18H2,2-3H3/b23-12-/t27-/m0/s1. The molecule has 0 aliphatic carbocycles. The molecular weight excluding hydrogens is 418 g/mol. The molecule has 6 nitrogen and oxygen atoms in total. The van der Waals surface area contributed by atoms with Crippen molar-refractivity contribution >= 4 is 22.4 Å². The molecule has 33 heavy (non-hydrogen) atoms. The SMILES string of the molecule is C=C(COC)/C(=C/C[C@H](OC(C)=O)c1ccccc1OCCO)c1cnc2ccccc2c1. The van der Waals surface area contributed by atoms with Crippen molar-refractivity contribution in [1.82, 2.24) is 4.98 Å². The van der Waals surface area contributed by atoms with Gasteiger partial charge in [0.15, 0.2) is 0 Å². The summed E-state index contributed by atoms with van der Waals surface area (Å²) < 4.78 is 16.6. The molecule has 0 unspecified atom stereocenters. The van der Waals surface area contributed by atoms with Gasteiger partial charge in [-0.2, -0.15) is 0 Å². The van der Waals surface area contributed by atoms with Crippen LogP contribution < -0.4 is 4.74 Å². The summed E-state index contributed by atoms with van der Waals surface area (Å²) in [5.41, 5.74) is 4.21. The van der Waals surface area contributed by atoms with E-state index in [4.69, 9.17) is 19.3 Å². The fraction of sp³-hybridized carbons (Fsp3) is 0.259. The molecule has 0 aliphatic rings. The predicted molar refractivity (Wildman–Crippen MR) is 129 cm³/mol. The van der Waals surface area contributed by atoms with E-state index in [1.165, 1.54) is 6.92 Å². The number of methoxy groups -OCH3 is 1. The summed E-state index contributed by atoms with van der Waals surface area (Å²) in [6, 6.07) is 17.3. The number of hydrogen-bond acceptors (Lipinski definition) is 6. The number of benzene rings is 2. The average Bonchev–Trinajstić information content (AvgIpc) is 2.82. The highest BCUT2D eigenvalue weighted by Gasteiger charge is 2.19. The van der Waals surface area contributed by atoms with E-state index >= 15 is 0 Å². The molecule has 0 amide bonds. The van der Waals surface area contributed by atoms with Gasteiger partial charge in [-0.3, -0.25) is 9.78 Å². The molecule has 1 atom stereocenters. The molecule has 0 spiro atoms. The molecule has 0 saturated heterocycles. The molecule has 1 heterocycles. The first kappa shape index (κ1) is 24.2. The highest BCUT2D eigenvalue weighted by atomic mass is 16.5. The average molecular weight is 448 g/mol. The van der Waals surface area contributed by atoms with E-state index in [1.54, 1.807) is 13.2 Å². The summed E-state index contributed by atoms with van der Waals surface area (Å²) in [6.45, 7) is 5.97. The van der Waals surface area contributed by atoms with E-state index in [0.29, 0.717) is 18.8 Å². The number of nitrogens with zero attached hydrogens (tertiary/aromatic N) is 1. The Kier molecular flexibility index (Phi) is 8.75. The molecule has 0 bridgehead atoms. The molecule has 3 rings (SSSR count). The third-order valence-corrected chi connectivity index (χ3v) is 5.06. The molecule has 0 saturated carbocycles. The van der Waals surface area contributed by atoms with Crippen LogP contribution in [0.3, 0.4) is 0 Å². The first-order valence-electron chi connectivity index (χ1n) is 10.8. The third-order valence-electron chi connectivity index (χ3n) is 5.06. The molecule has 172 valence electrons. The van der Waals surface area contributed by atoms with Gasteiger partial charge in [-0.05, 0) is 29.3 Å². The van der Waals surface area contributed by atoms with Crippen molar-refractivity contribution in [2.24, 2.45) is 0 Å². The van der Waals surface area contributed by atoms with Crippen LogP contribution in [0, 0.1) is 0 Å². The van der Waals surface area contributed by atoms with E-state index in [-0.39, 0.29) is 13.2 Å². The maximum atomic E-state index is 11.9. The van der Waals surface area contributed by atoms with Crippen LogP contribution in [0.15, 0.2) is 79.0 Å². The number of para-hydroxylation sites is 2. The Labute approximate surface area is 194 Å². The van der Waals surface area contributed by atoms with Crippen molar-refractivity contribution in [3.8, 4) is 5.75 Å². The fourth-order valence-electron chi connectivity index (χ4n) is 3.63. The lowest BCUT2D eigenvalue weighted by Crippen LogP contribution is -2.11. The van der Waals surface area contributed by atoms with Crippen molar-refractivity contribution in [2.45, 2.75) is 19.4 Å². The largest absolute Gasteiger partial charge is 0.491 e. The number of aliphatic hydroxyl groups excluding tert-OH is 1. The fourth-order valence-corrected chi connectivity index (χ4v) is 3.63. The summed E-state index contributed by atoms with van der Waals surface area (Å²) in [5, 5.41) is 10.2. The Morgan fingerprint density at radius 3 is 2.70 bits per heavy atom. The van der Waals surface area contributed by atoms with E-state index in [1.807, 2.05) is 54.7 Å². The van der Waals surface area contributed by atoms with Crippen LogP contribution in [0.4, 0.5) is 0 Å². The Balaban J connectivity index is 1.99. The number of hydrogen-bond donors (Lipinski definition) is 1. The van der Waals surface area contributed by atoms with Gasteiger partial charge in [0.05, 0.1) is 18.7 Å². The zero-order valence-corrected chi connectivity index (χ0v) is 19.0. The number of pyridine rings is 1.